The number of alkyl halides is 3. The highest BCUT2D eigenvalue weighted by molar-refractivity contribution is 5.87. The summed E-state index contributed by atoms with van der Waals surface area (Å²) >= 11 is 0. The smallest absolute Gasteiger partial charge is 0.417 e. The minimum absolute atomic E-state index is 0.0117. The third-order valence-corrected chi connectivity index (χ3v) is 7.70. The predicted molar refractivity (Wildman–Crippen MR) is 126 cm³/mol. The number of aliphatic hydroxyl groups excluding tert-OH is 1. The van der Waals surface area contributed by atoms with Gasteiger partial charge >= 0.3 is 6.18 Å². The largest absolute Gasteiger partial charge is 0.497 e. The molecule has 2 unspecified atom stereocenters. The van der Waals surface area contributed by atoms with Crippen LogP contribution in [-0.4, -0.2) is 41.2 Å². The van der Waals surface area contributed by atoms with Gasteiger partial charge in [-0.05, 0) is 67.1 Å². The van der Waals surface area contributed by atoms with Crippen molar-refractivity contribution in [1.29, 1.82) is 0 Å². The molecule has 3 fully saturated rings. The maximum Gasteiger partial charge on any atom is 0.417 e. The summed E-state index contributed by atoms with van der Waals surface area (Å²) in [4.78, 5) is 6.93. The Morgan fingerprint density at radius 2 is 1.97 bits per heavy atom. The number of aromatic nitrogens is 1. The van der Waals surface area contributed by atoms with Gasteiger partial charge in [-0.3, -0.25) is 4.90 Å². The lowest BCUT2D eigenvalue weighted by atomic mass is 9.72. The SMILES string of the molecule is CC[C@H]1CN2CC[C@H]1CC2[C@H](O)c1cc(-c2ccccc2C(F)(F)F)nc2ccc(OC)cc12. The van der Waals surface area contributed by atoms with Crippen molar-refractivity contribution >= 4 is 10.9 Å². The molecule has 6 rings (SSSR count). The Morgan fingerprint density at radius 3 is 2.65 bits per heavy atom. The van der Waals surface area contributed by atoms with Crippen LogP contribution >= 0.6 is 0 Å². The predicted octanol–water partition coefficient (Wildman–Crippen LogP) is 6.08. The maximum absolute atomic E-state index is 13.8. The fourth-order valence-corrected chi connectivity index (χ4v) is 5.87. The van der Waals surface area contributed by atoms with Gasteiger partial charge in [0.25, 0.3) is 0 Å². The van der Waals surface area contributed by atoms with Gasteiger partial charge in [0.05, 0.1) is 30.0 Å². The first-order chi connectivity index (χ1) is 16.3. The standard InChI is InChI=1S/C27H29F3N2O2/c1-3-16-15-32-11-10-17(16)12-25(32)26(33)21-14-24(19-6-4-5-7-22(19)27(28,29)30)31-23-9-8-18(34-2)13-20(21)23/h4-9,13-14,16-17,25-26,33H,3,10-12,15H2,1-2H3/t16-,17-,25?,26+/m0/s1. The van der Waals surface area contributed by atoms with E-state index in [9.17, 15) is 18.3 Å². The molecule has 2 aromatic carbocycles. The quantitative estimate of drug-likeness (QED) is 0.491. The number of benzene rings is 2. The van der Waals surface area contributed by atoms with E-state index in [0.29, 0.717) is 34.1 Å². The molecule has 0 radical (unpaired) electrons. The molecule has 4 heterocycles. The Hall–Kier alpha value is -2.64. The van der Waals surface area contributed by atoms with E-state index in [1.807, 2.05) is 6.07 Å². The van der Waals surface area contributed by atoms with E-state index in [2.05, 4.69) is 16.8 Å². The molecule has 2 bridgehead atoms. The molecule has 0 aliphatic carbocycles. The average molecular weight is 471 g/mol. The van der Waals surface area contributed by atoms with E-state index < -0.39 is 17.8 Å². The van der Waals surface area contributed by atoms with Crippen molar-refractivity contribution in [3.8, 4) is 17.0 Å². The van der Waals surface area contributed by atoms with Crippen LogP contribution in [0, 0.1) is 11.8 Å². The van der Waals surface area contributed by atoms with Crippen molar-refractivity contribution in [1.82, 2.24) is 9.88 Å². The highest BCUT2D eigenvalue weighted by Crippen LogP contribution is 2.44. The Labute approximate surface area is 197 Å². The number of nitrogens with zero attached hydrogens (tertiary/aromatic N) is 2. The summed E-state index contributed by atoms with van der Waals surface area (Å²) in [6.45, 7) is 4.11. The summed E-state index contributed by atoms with van der Waals surface area (Å²) in [7, 11) is 1.56. The Balaban J connectivity index is 1.64. The van der Waals surface area contributed by atoms with Crippen LogP contribution in [-0.2, 0) is 6.18 Å². The third kappa shape index (κ3) is 4.05. The van der Waals surface area contributed by atoms with Crippen LogP contribution in [0.15, 0.2) is 48.5 Å². The number of hydrogen-bond donors (Lipinski definition) is 1. The first kappa shape index (κ1) is 23.1. The van der Waals surface area contributed by atoms with Gasteiger partial charge < -0.3 is 9.84 Å². The van der Waals surface area contributed by atoms with Gasteiger partial charge in [-0.2, -0.15) is 13.2 Å². The van der Waals surface area contributed by atoms with Crippen LogP contribution < -0.4 is 4.74 Å². The summed E-state index contributed by atoms with van der Waals surface area (Å²) in [5, 5.41) is 12.4. The van der Waals surface area contributed by atoms with Gasteiger partial charge in [-0.1, -0.05) is 31.5 Å². The second kappa shape index (κ2) is 8.86. The fraction of sp³-hybridized carbons (Fsp3) is 0.444. The van der Waals surface area contributed by atoms with Crippen LogP contribution in [0.5, 0.6) is 5.75 Å². The van der Waals surface area contributed by atoms with E-state index in [4.69, 9.17) is 4.74 Å². The molecule has 0 saturated carbocycles. The van der Waals surface area contributed by atoms with Crippen molar-refractivity contribution in [2.45, 2.75) is 44.5 Å². The molecule has 3 aliphatic heterocycles. The number of fused-ring (bicyclic) bond motifs is 4. The van der Waals surface area contributed by atoms with Gasteiger partial charge in [-0.15, -0.1) is 0 Å². The molecule has 180 valence electrons. The monoisotopic (exact) mass is 470 g/mol. The van der Waals surface area contributed by atoms with Crippen LogP contribution in [0.25, 0.3) is 22.2 Å². The molecule has 3 aliphatic rings. The Bertz CT molecular complexity index is 1200. The van der Waals surface area contributed by atoms with Crippen LogP contribution in [0.2, 0.25) is 0 Å². The molecule has 7 heteroatoms. The number of halogens is 3. The lowest BCUT2D eigenvalue weighted by Crippen LogP contribution is -2.55. The molecular weight excluding hydrogens is 441 g/mol. The lowest BCUT2D eigenvalue weighted by Gasteiger charge is -2.51. The van der Waals surface area contributed by atoms with Crippen molar-refractivity contribution in [2.24, 2.45) is 11.8 Å². The van der Waals surface area contributed by atoms with E-state index in [1.165, 1.54) is 12.1 Å². The van der Waals surface area contributed by atoms with E-state index in [0.717, 1.165) is 38.4 Å². The molecule has 0 amide bonds. The number of hydrogen-bond acceptors (Lipinski definition) is 4. The average Bonchev–Trinajstić information content (AvgIpc) is 2.86. The highest BCUT2D eigenvalue weighted by atomic mass is 19.4. The summed E-state index contributed by atoms with van der Waals surface area (Å²) in [5.74, 6) is 1.83. The molecule has 1 aromatic heterocycles. The number of methoxy groups -OCH3 is 1. The van der Waals surface area contributed by atoms with Gasteiger partial charge in [0, 0.05) is 23.5 Å². The van der Waals surface area contributed by atoms with Crippen molar-refractivity contribution < 1.29 is 23.0 Å². The van der Waals surface area contributed by atoms with Gasteiger partial charge in [0.1, 0.15) is 5.75 Å². The number of rotatable bonds is 5. The fourth-order valence-electron chi connectivity index (χ4n) is 5.87. The second-order valence-corrected chi connectivity index (χ2v) is 9.48. The number of ether oxygens (including phenoxy) is 1. The topological polar surface area (TPSA) is 45.6 Å². The molecule has 3 aromatic rings. The second-order valence-electron chi connectivity index (χ2n) is 9.48. The third-order valence-electron chi connectivity index (χ3n) is 7.70. The zero-order chi connectivity index (χ0) is 24.0. The number of aliphatic hydroxyl groups is 1. The molecule has 4 nitrogen and oxygen atoms in total. The van der Waals surface area contributed by atoms with E-state index >= 15 is 0 Å². The minimum Gasteiger partial charge on any atom is -0.497 e. The molecular formula is C27H29F3N2O2. The summed E-state index contributed by atoms with van der Waals surface area (Å²) < 4.78 is 46.7. The molecule has 34 heavy (non-hydrogen) atoms. The lowest BCUT2D eigenvalue weighted by molar-refractivity contribution is -0.137. The first-order valence-corrected chi connectivity index (χ1v) is 11.9. The zero-order valence-corrected chi connectivity index (χ0v) is 19.3. The van der Waals surface area contributed by atoms with Crippen molar-refractivity contribution in [3.05, 3.63) is 59.7 Å². The zero-order valence-electron chi connectivity index (χ0n) is 19.3. The number of piperidine rings is 3. The van der Waals surface area contributed by atoms with Crippen LogP contribution in [0.4, 0.5) is 13.2 Å². The number of pyridine rings is 1. The summed E-state index contributed by atoms with van der Waals surface area (Å²) in [6, 6.07) is 12.3. The van der Waals surface area contributed by atoms with Gasteiger partial charge in [0.2, 0.25) is 0 Å². The van der Waals surface area contributed by atoms with E-state index in [-0.39, 0.29) is 17.3 Å². The van der Waals surface area contributed by atoms with Crippen LogP contribution in [0.1, 0.15) is 43.4 Å². The molecule has 3 saturated heterocycles. The van der Waals surface area contributed by atoms with Crippen LogP contribution in [0.3, 0.4) is 0 Å². The summed E-state index contributed by atoms with van der Waals surface area (Å²) in [5.41, 5.74) is 0.620. The molecule has 1 N–H and O–H groups in total. The Kier molecular flexibility index (Phi) is 6.02. The molecule has 0 spiro atoms. The highest BCUT2D eigenvalue weighted by Gasteiger charge is 2.43. The minimum atomic E-state index is -4.50. The summed E-state index contributed by atoms with van der Waals surface area (Å²) in [6.07, 6.45) is -2.19. The first-order valence-electron chi connectivity index (χ1n) is 11.9. The normalized spacial score (nSPS) is 25.5. The van der Waals surface area contributed by atoms with Crippen molar-refractivity contribution in [3.63, 3.8) is 0 Å². The molecule has 5 atom stereocenters. The van der Waals surface area contributed by atoms with Crippen molar-refractivity contribution in [2.75, 3.05) is 20.2 Å². The Morgan fingerprint density at radius 1 is 1.18 bits per heavy atom. The van der Waals surface area contributed by atoms with Gasteiger partial charge in [-0.25, -0.2) is 4.98 Å². The van der Waals surface area contributed by atoms with Gasteiger partial charge in [0.15, 0.2) is 0 Å². The maximum atomic E-state index is 13.8. The van der Waals surface area contributed by atoms with E-state index in [1.54, 1.807) is 31.4 Å².